The summed E-state index contributed by atoms with van der Waals surface area (Å²) in [6.45, 7) is 3.84. The lowest BCUT2D eigenvalue weighted by Crippen LogP contribution is -2.30. The van der Waals surface area contributed by atoms with Crippen LogP contribution in [0.2, 0.25) is 0 Å². The standard InChI is InChI=1S/C10H16N2O3S/c1-6-3-8(5-16-7(2)4-13)15-9(6)10(14)12-11/h3,7,13H,4-5,11H2,1-2H3,(H,12,14). The van der Waals surface area contributed by atoms with Gasteiger partial charge in [0, 0.05) is 10.8 Å². The second kappa shape index (κ2) is 5.93. The third-order valence-corrected chi connectivity index (χ3v) is 3.24. The zero-order valence-electron chi connectivity index (χ0n) is 9.32. The smallest absolute Gasteiger partial charge is 0.301 e. The third kappa shape index (κ3) is 3.26. The molecule has 1 aromatic heterocycles. The van der Waals surface area contributed by atoms with Gasteiger partial charge in [0.15, 0.2) is 5.76 Å². The molecule has 0 radical (unpaired) electrons. The number of carbonyl (C=O) groups is 1. The van der Waals surface area contributed by atoms with Gasteiger partial charge >= 0.3 is 5.91 Å². The highest BCUT2D eigenvalue weighted by Crippen LogP contribution is 2.21. The van der Waals surface area contributed by atoms with Gasteiger partial charge in [-0.25, -0.2) is 5.84 Å². The molecule has 1 heterocycles. The molecule has 4 N–H and O–H groups in total. The van der Waals surface area contributed by atoms with Gasteiger partial charge in [-0.3, -0.25) is 10.2 Å². The predicted molar refractivity (Wildman–Crippen MR) is 62.9 cm³/mol. The zero-order valence-corrected chi connectivity index (χ0v) is 10.1. The highest BCUT2D eigenvalue weighted by atomic mass is 32.2. The summed E-state index contributed by atoms with van der Waals surface area (Å²) in [5, 5.41) is 9.02. The molecule has 5 nitrogen and oxygen atoms in total. The fourth-order valence-electron chi connectivity index (χ4n) is 1.19. The van der Waals surface area contributed by atoms with Crippen LogP contribution in [0, 0.1) is 6.92 Å². The minimum absolute atomic E-state index is 0.125. The first-order valence-electron chi connectivity index (χ1n) is 4.91. The van der Waals surface area contributed by atoms with Crippen LogP contribution in [0.3, 0.4) is 0 Å². The minimum atomic E-state index is -0.427. The molecule has 1 unspecified atom stereocenters. The number of amides is 1. The van der Waals surface area contributed by atoms with Crippen molar-refractivity contribution in [2.24, 2.45) is 5.84 Å². The molecule has 0 aliphatic carbocycles. The van der Waals surface area contributed by atoms with Crippen LogP contribution in [0.25, 0.3) is 0 Å². The summed E-state index contributed by atoms with van der Waals surface area (Å²) in [4.78, 5) is 11.3. The van der Waals surface area contributed by atoms with Gasteiger partial charge in [-0.2, -0.15) is 0 Å². The lowest BCUT2D eigenvalue weighted by molar-refractivity contribution is 0.0923. The van der Waals surface area contributed by atoms with E-state index in [0.29, 0.717) is 11.5 Å². The Bertz CT molecular complexity index is 365. The molecule has 6 heteroatoms. The molecule has 90 valence electrons. The molecule has 0 aliphatic rings. The Morgan fingerprint density at radius 2 is 2.44 bits per heavy atom. The van der Waals surface area contributed by atoms with Crippen LogP contribution in [-0.2, 0) is 5.75 Å². The van der Waals surface area contributed by atoms with E-state index in [9.17, 15) is 4.79 Å². The first kappa shape index (κ1) is 13.1. The van der Waals surface area contributed by atoms with Crippen molar-refractivity contribution in [3.05, 3.63) is 23.2 Å². The number of hydrogen-bond acceptors (Lipinski definition) is 5. The normalized spacial score (nSPS) is 12.5. The molecule has 1 aromatic rings. The maximum atomic E-state index is 11.3. The average molecular weight is 244 g/mol. The molecule has 1 amide bonds. The first-order chi connectivity index (χ1) is 7.58. The van der Waals surface area contributed by atoms with Gasteiger partial charge in [0.1, 0.15) is 5.76 Å². The number of aliphatic hydroxyl groups excluding tert-OH is 1. The average Bonchev–Trinajstić information content (AvgIpc) is 2.66. The molecule has 0 fully saturated rings. The molecule has 0 spiro atoms. The lowest BCUT2D eigenvalue weighted by Gasteiger charge is -2.04. The van der Waals surface area contributed by atoms with Crippen molar-refractivity contribution in [1.29, 1.82) is 0 Å². The van der Waals surface area contributed by atoms with Gasteiger partial charge in [0.2, 0.25) is 0 Å². The van der Waals surface area contributed by atoms with Gasteiger partial charge in [0.05, 0.1) is 12.4 Å². The molecule has 0 aliphatic heterocycles. The van der Waals surface area contributed by atoms with E-state index in [4.69, 9.17) is 15.4 Å². The Kier molecular flexibility index (Phi) is 4.85. The number of furan rings is 1. The largest absolute Gasteiger partial charge is 0.455 e. The number of nitrogens with two attached hydrogens (primary N) is 1. The van der Waals surface area contributed by atoms with Gasteiger partial charge in [-0.15, -0.1) is 11.8 Å². The van der Waals surface area contributed by atoms with Crippen molar-refractivity contribution < 1.29 is 14.3 Å². The molecule has 1 rings (SSSR count). The van der Waals surface area contributed by atoms with Gasteiger partial charge in [-0.05, 0) is 13.0 Å². The van der Waals surface area contributed by atoms with Crippen LogP contribution in [0.5, 0.6) is 0 Å². The Hall–Kier alpha value is -0.980. The van der Waals surface area contributed by atoms with Crippen LogP contribution in [0.1, 0.15) is 28.8 Å². The quantitative estimate of drug-likeness (QED) is 0.405. The fourth-order valence-corrected chi connectivity index (χ4v) is 1.88. The number of aryl methyl sites for hydroxylation is 1. The molecular formula is C10H16N2O3S. The van der Waals surface area contributed by atoms with E-state index >= 15 is 0 Å². The maximum Gasteiger partial charge on any atom is 0.301 e. The Balaban J connectivity index is 2.66. The van der Waals surface area contributed by atoms with Crippen molar-refractivity contribution in [3.8, 4) is 0 Å². The second-order valence-electron chi connectivity index (χ2n) is 3.50. The Morgan fingerprint density at radius 3 is 3.00 bits per heavy atom. The summed E-state index contributed by atoms with van der Waals surface area (Å²) in [7, 11) is 0. The molecule has 0 saturated heterocycles. The maximum absolute atomic E-state index is 11.3. The lowest BCUT2D eigenvalue weighted by atomic mass is 10.2. The van der Waals surface area contributed by atoms with E-state index in [1.54, 1.807) is 18.7 Å². The van der Waals surface area contributed by atoms with E-state index in [1.165, 1.54) is 0 Å². The van der Waals surface area contributed by atoms with E-state index in [2.05, 4.69) is 0 Å². The summed E-state index contributed by atoms with van der Waals surface area (Å²) in [6.07, 6.45) is 0. The number of rotatable bonds is 5. The SMILES string of the molecule is Cc1cc(CSC(C)CO)oc1C(=O)NN. The van der Waals surface area contributed by atoms with Crippen LogP contribution >= 0.6 is 11.8 Å². The van der Waals surface area contributed by atoms with E-state index < -0.39 is 5.91 Å². The molecule has 16 heavy (non-hydrogen) atoms. The van der Waals surface area contributed by atoms with Gasteiger partial charge in [0.25, 0.3) is 0 Å². The van der Waals surface area contributed by atoms with Crippen molar-refractivity contribution in [1.82, 2.24) is 5.43 Å². The summed E-state index contributed by atoms with van der Waals surface area (Å²) in [6, 6.07) is 1.81. The highest BCUT2D eigenvalue weighted by molar-refractivity contribution is 7.99. The summed E-state index contributed by atoms with van der Waals surface area (Å²) in [5.74, 6) is 6.18. The molecule has 0 aromatic carbocycles. The van der Waals surface area contributed by atoms with Crippen molar-refractivity contribution in [3.63, 3.8) is 0 Å². The van der Waals surface area contributed by atoms with Gasteiger partial charge < -0.3 is 9.52 Å². The van der Waals surface area contributed by atoms with Crippen LogP contribution in [0.4, 0.5) is 0 Å². The number of nitrogens with one attached hydrogen (secondary N) is 1. The summed E-state index contributed by atoms with van der Waals surface area (Å²) < 4.78 is 5.37. The zero-order chi connectivity index (χ0) is 12.1. The number of hydrogen-bond donors (Lipinski definition) is 3. The topological polar surface area (TPSA) is 88.5 Å². The number of nitrogen functional groups attached to an aromatic ring is 1. The number of carbonyl (C=O) groups excluding carboxylic acids is 1. The van der Waals surface area contributed by atoms with Crippen LogP contribution in [0.15, 0.2) is 10.5 Å². The fraction of sp³-hybridized carbons (Fsp3) is 0.500. The second-order valence-corrected chi connectivity index (χ2v) is 4.93. The van der Waals surface area contributed by atoms with E-state index in [-0.39, 0.29) is 17.6 Å². The number of hydrazine groups is 1. The van der Waals surface area contributed by atoms with Crippen molar-refractivity contribution >= 4 is 17.7 Å². The summed E-state index contributed by atoms with van der Waals surface area (Å²) >= 11 is 1.56. The highest BCUT2D eigenvalue weighted by Gasteiger charge is 2.14. The Labute approximate surface area is 98.4 Å². The van der Waals surface area contributed by atoms with Crippen LogP contribution < -0.4 is 11.3 Å². The van der Waals surface area contributed by atoms with Crippen molar-refractivity contribution in [2.75, 3.05) is 6.61 Å². The number of thioether (sulfide) groups is 1. The molecular weight excluding hydrogens is 228 g/mol. The molecule has 0 saturated carbocycles. The van der Waals surface area contributed by atoms with E-state index in [1.807, 2.05) is 18.4 Å². The monoisotopic (exact) mass is 244 g/mol. The number of aliphatic hydroxyl groups is 1. The van der Waals surface area contributed by atoms with Crippen LogP contribution in [-0.4, -0.2) is 22.9 Å². The Morgan fingerprint density at radius 1 is 1.75 bits per heavy atom. The molecule has 0 bridgehead atoms. The van der Waals surface area contributed by atoms with Crippen molar-refractivity contribution in [2.45, 2.75) is 24.9 Å². The minimum Gasteiger partial charge on any atom is -0.455 e. The summed E-state index contributed by atoms with van der Waals surface area (Å²) in [5.41, 5.74) is 2.79. The first-order valence-corrected chi connectivity index (χ1v) is 5.96. The predicted octanol–water partition coefficient (Wildman–Crippen LogP) is 0.806. The van der Waals surface area contributed by atoms with E-state index in [0.717, 1.165) is 5.56 Å². The van der Waals surface area contributed by atoms with Gasteiger partial charge in [-0.1, -0.05) is 6.92 Å². The molecule has 1 atom stereocenters. The third-order valence-electron chi connectivity index (χ3n) is 2.07.